The van der Waals surface area contributed by atoms with Gasteiger partial charge in [-0.2, -0.15) is 13.2 Å². The summed E-state index contributed by atoms with van der Waals surface area (Å²) in [5.41, 5.74) is -1.03. The van der Waals surface area contributed by atoms with Crippen LogP contribution in [0.25, 0.3) is 22.1 Å². The third-order valence-electron chi connectivity index (χ3n) is 4.99. The minimum absolute atomic E-state index is 0.0429. The van der Waals surface area contributed by atoms with Crippen molar-refractivity contribution in [3.05, 3.63) is 92.7 Å². The quantitative estimate of drug-likeness (QED) is 0.220. The summed E-state index contributed by atoms with van der Waals surface area (Å²) in [6.45, 7) is 0. The van der Waals surface area contributed by atoms with E-state index in [4.69, 9.17) is 13.9 Å². The normalized spacial score (nSPS) is 11.4. The standard InChI is InChI=1S/C25H16BrF3O5/c1-32-17-8-2-14(3-9-17)12-21(30)33-18-10-11-19-20(13-18)34-24(25(27,28)29)22(23(19)31)15-4-6-16(26)7-5-15/h2-11,13H,12H2,1H3. The third-order valence-corrected chi connectivity index (χ3v) is 5.52. The predicted octanol–water partition coefficient (Wildman–Crippen LogP) is 6.40. The first-order valence-corrected chi connectivity index (χ1v) is 10.7. The summed E-state index contributed by atoms with van der Waals surface area (Å²) in [4.78, 5) is 25.3. The molecule has 0 saturated heterocycles. The Morgan fingerprint density at radius 3 is 2.24 bits per heavy atom. The van der Waals surface area contributed by atoms with Crippen molar-refractivity contribution in [2.45, 2.75) is 12.6 Å². The van der Waals surface area contributed by atoms with Gasteiger partial charge in [0.25, 0.3) is 0 Å². The second-order valence-electron chi connectivity index (χ2n) is 7.30. The zero-order valence-corrected chi connectivity index (χ0v) is 19.2. The van der Waals surface area contributed by atoms with Crippen LogP contribution >= 0.6 is 15.9 Å². The van der Waals surface area contributed by atoms with Crippen molar-refractivity contribution >= 4 is 32.9 Å². The van der Waals surface area contributed by atoms with E-state index in [1.807, 2.05) is 0 Å². The molecule has 0 aliphatic heterocycles. The van der Waals surface area contributed by atoms with Crippen LogP contribution in [0.15, 0.2) is 80.4 Å². The van der Waals surface area contributed by atoms with Gasteiger partial charge in [0.1, 0.15) is 17.1 Å². The van der Waals surface area contributed by atoms with Gasteiger partial charge in [0.2, 0.25) is 11.2 Å². The number of rotatable bonds is 5. The van der Waals surface area contributed by atoms with Gasteiger partial charge in [-0.05, 0) is 47.5 Å². The van der Waals surface area contributed by atoms with Gasteiger partial charge in [0.05, 0.1) is 24.5 Å². The second-order valence-corrected chi connectivity index (χ2v) is 8.21. The zero-order chi connectivity index (χ0) is 24.5. The minimum atomic E-state index is -4.92. The molecule has 0 bridgehead atoms. The van der Waals surface area contributed by atoms with Gasteiger partial charge in [-0.1, -0.05) is 40.2 Å². The molecule has 0 spiro atoms. The Morgan fingerprint density at radius 2 is 1.62 bits per heavy atom. The van der Waals surface area contributed by atoms with Crippen molar-refractivity contribution in [2.24, 2.45) is 0 Å². The summed E-state index contributed by atoms with van der Waals surface area (Å²) in [6.07, 6.45) is -4.99. The Kier molecular flexibility index (Phi) is 6.47. The number of carbonyl (C=O) groups excluding carboxylic acids is 1. The summed E-state index contributed by atoms with van der Waals surface area (Å²) >= 11 is 3.22. The van der Waals surface area contributed by atoms with E-state index in [1.165, 1.54) is 43.5 Å². The van der Waals surface area contributed by atoms with Crippen LogP contribution in [-0.4, -0.2) is 13.1 Å². The Hall–Kier alpha value is -3.59. The van der Waals surface area contributed by atoms with Crippen LogP contribution in [0.4, 0.5) is 13.2 Å². The van der Waals surface area contributed by atoms with Crippen molar-refractivity contribution < 1.29 is 31.9 Å². The molecule has 0 radical (unpaired) electrons. The predicted molar refractivity (Wildman–Crippen MR) is 123 cm³/mol. The molecule has 34 heavy (non-hydrogen) atoms. The van der Waals surface area contributed by atoms with Gasteiger partial charge in [-0.25, -0.2) is 0 Å². The largest absolute Gasteiger partial charge is 0.497 e. The second kappa shape index (κ2) is 9.34. The smallest absolute Gasteiger partial charge is 0.450 e. The molecule has 0 aliphatic carbocycles. The highest BCUT2D eigenvalue weighted by Crippen LogP contribution is 2.38. The van der Waals surface area contributed by atoms with Crippen molar-refractivity contribution in [3.8, 4) is 22.6 Å². The number of methoxy groups -OCH3 is 1. The lowest BCUT2D eigenvalue weighted by atomic mass is 10.0. The van der Waals surface area contributed by atoms with E-state index in [0.29, 0.717) is 15.8 Å². The van der Waals surface area contributed by atoms with Gasteiger partial charge >= 0.3 is 12.1 Å². The number of carbonyl (C=O) groups is 1. The van der Waals surface area contributed by atoms with Crippen molar-refractivity contribution in [3.63, 3.8) is 0 Å². The number of hydrogen-bond acceptors (Lipinski definition) is 5. The average Bonchev–Trinajstić information content (AvgIpc) is 2.79. The monoisotopic (exact) mass is 532 g/mol. The SMILES string of the molecule is COc1ccc(CC(=O)Oc2ccc3c(=O)c(-c4ccc(Br)cc4)c(C(F)(F)F)oc3c2)cc1. The highest BCUT2D eigenvalue weighted by Gasteiger charge is 2.39. The fourth-order valence-electron chi connectivity index (χ4n) is 3.39. The van der Waals surface area contributed by atoms with Crippen molar-refractivity contribution in [1.82, 2.24) is 0 Å². The maximum Gasteiger partial charge on any atom is 0.450 e. The molecule has 1 heterocycles. The summed E-state index contributed by atoms with van der Waals surface area (Å²) in [5.74, 6) is -1.47. The zero-order valence-electron chi connectivity index (χ0n) is 17.6. The minimum Gasteiger partial charge on any atom is -0.497 e. The van der Waals surface area contributed by atoms with Crippen LogP contribution in [0.5, 0.6) is 11.5 Å². The van der Waals surface area contributed by atoms with E-state index >= 15 is 0 Å². The van der Waals surface area contributed by atoms with Crippen LogP contribution in [-0.2, 0) is 17.4 Å². The van der Waals surface area contributed by atoms with Gasteiger partial charge in [0.15, 0.2) is 0 Å². The molecule has 5 nitrogen and oxygen atoms in total. The number of esters is 1. The molecule has 0 fully saturated rings. The fraction of sp³-hybridized carbons (Fsp3) is 0.120. The van der Waals surface area contributed by atoms with Crippen LogP contribution in [0.1, 0.15) is 11.3 Å². The van der Waals surface area contributed by atoms with E-state index in [-0.39, 0.29) is 28.7 Å². The lowest BCUT2D eigenvalue weighted by Crippen LogP contribution is -2.16. The van der Waals surface area contributed by atoms with Crippen molar-refractivity contribution in [1.29, 1.82) is 0 Å². The first-order chi connectivity index (χ1) is 16.2. The Morgan fingerprint density at radius 1 is 0.971 bits per heavy atom. The molecule has 4 rings (SSSR count). The van der Waals surface area contributed by atoms with Crippen LogP contribution < -0.4 is 14.9 Å². The molecular formula is C25H16BrF3O5. The maximum absolute atomic E-state index is 13.8. The number of ether oxygens (including phenoxy) is 2. The van der Waals surface area contributed by atoms with Gasteiger partial charge in [-0.3, -0.25) is 9.59 Å². The van der Waals surface area contributed by atoms with E-state index in [2.05, 4.69) is 15.9 Å². The molecule has 0 saturated carbocycles. The lowest BCUT2D eigenvalue weighted by molar-refractivity contribution is -0.152. The first kappa shape index (κ1) is 23.6. The van der Waals surface area contributed by atoms with Crippen LogP contribution in [0, 0.1) is 0 Å². The molecule has 0 aliphatic rings. The summed E-state index contributed by atoms with van der Waals surface area (Å²) < 4.78 is 57.5. The molecular weight excluding hydrogens is 517 g/mol. The van der Waals surface area contributed by atoms with E-state index in [0.717, 1.165) is 6.07 Å². The van der Waals surface area contributed by atoms with Gasteiger partial charge in [0, 0.05) is 10.5 Å². The molecule has 4 aromatic rings. The molecule has 0 unspecified atom stereocenters. The maximum atomic E-state index is 13.8. The average molecular weight is 533 g/mol. The van der Waals surface area contributed by atoms with E-state index in [1.54, 1.807) is 24.3 Å². The Labute approximate surface area is 199 Å². The lowest BCUT2D eigenvalue weighted by Gasteiger charge is -2.13. The molecule has 0 atom stereocenters. The highest BCUT2D eigenvalue weighted by molar-refractivity contribution is 9.10. The van der Waals surface area contributed by atoms with Crippen molar-refractivity contribution in [2.75, 3.05) is 7.11 Å². The summed E-state index contributed by atoms with van der Waals surface area (Å²) in [5, 5.41) is -0.0686. The van der Waals surface area contributed by atoms with Crippen LogP contribution in [0.3, 0.4) is 0 Å². The molecule has 3 aromatic carbocycles. The molecule has 174 valence electrons. The summed E-state index contributed by atoms with van der Waals surface area (Å²) in [6, 6.07) is 16.3. The number of fused-ring (bicyclic) bond motifs is 1. The molecule has 1 aromatic heterocycles. The molecule has 0 amide bonds. The Balaban J connectivity index is 1.69. The Bertz CT molecular complexity index is 1410. The van der Waals surface area contributed by atoms with E-state index in [9.17, 15) is 22.8 Å². The number of alkyl halides is 3. The topological polar surface area (TPSA) is 65.7 Å². The molecule has 0 N–H and O–H groups in total. The van der Waals surface area contributed by atoms with Gasteiger partial charge in [-0.15, -0.1) is 0 Å². The van der Waals surface area contributed by atoms with E-state index < -0.39 is 28.9 Å². The fourth-order valence-corrected chi connectivity index (χ4v) is 3.66. The number of halogens is 4. The van der Waals surface area contributed by atoms with Crippen LogP contribution in [0.2, 0.25) is 0 Å². The number of hydrogen-bond donors (Lipinski definition) is 0. The molecule has 9 heteroatoms. The highest BCUT2D eigenvalue weighted by atomic mass is 79.9. The number of benzene rings is 3. The third kappa shape index (κ3) is 4.99. The van der Waals surface area contributed by atoms with Gasteiger partial charge < -0.3 is 13.9 Å². The first-order valence-electron chi connectivity index (χ1n) is 9.93. The summed E-state index contributed by atoms with van der Waals surface area (Å²) in [7, 11) is 1.52.